The lowest BCUT2D eigenvalue weighted by molar-refractivity contribution is -0.127. The first-order valence-electron chi connectivity index (χ1n) is 6.59. The van der Waals surface area contributed by atoms with Crippen molar-refractivity contribution < 1.29 is 4.79 Å². The third-order valence-corrected chi connectivity index (χ3v) is 5.28. The van der Waals surface area contributed by atoms with E-state index in [1.54, 1.807) is 11.3 Å². The molecule has 2 fully saturated rings. The molecule has 2 aliphatic carbocycles. The number of aryl methyl sites for hydroxylation is 1. The first kappa shape index (κ1) is 12.1. The maximum Gasteiger partial charge on any atom is 0.225 e. The van der Waals surface area contributed by atoms with Crippen molar-refractivity contribution >= 4 is 17.2 Å². The zero-order chi connectivity index (χ0) is 12.7. The number of nitrogens with two attached hydrogens (primary N) is 1. The van der Waals surface area contributed by atoms with E-state index in [1.807, 2.05) is 13.1 Å². The van der Waals surface area contributed by atoms with Crippen LogP contribution in [0.1, 0.15) is 29.1 Å². The molecule has 3 N–H and O–H groups in total. The Balaban J connectivity index is 1.59. The molecule has 0 aliphatic heterocycles. The largest absolute Gasteiger partial charge is 0.349 e. The van der Waals surface area contributed by atoms with E-state index in [0.29, 0.717) is 18.4 Å². The number of hydrogen-bond donors (Lipinski definition) is 2. The zero-order valence-electron chi connectivity index (χ0n) is 10.6. The maximum atomic E-state index is 12.2. The summed E-state index contributed by atoms with van der Waals surface area (Å²) in [5.41, 5.74) is 6.16. The van der Waals surface area contributed by atoms with Gasteiger partial charge in [-0.15, -0.1) is 11.3 Å². The molecule has 2 bridgehead atoms. The molecule has 0 aromatic carbocycles. The van der Waals surface area contributed by atoms with Crippen LogP contribution in [0.5, 0.6) is 0 Å². The Labute approximate surface area is 111 Å². The van der Waals surface area contributed by atoms with E-state index in [1.165, 1.54) is 17.7 Å². The van der Waals surface area contributed by atoms with Gasteiger partial charge >= 0.3 is 0 Å². The van der Waals surface area contributed by atoms with Crippen LogP contribution in [-0.4, -0.2) is 16.9 Å². The molecule has 5 heteroatoms. The fraction of sp³-hybridized carbons (Fsp3) is 0.692. The molecular weight excluding hydrogens is 246 g/mol. The van der Waals surface area contributed by atoms with E-state index in [0.717, 1.165) is 11.4 Å². The van der Waals surface area contributed by atoms with Crippen LogP contribution in [0.4, 0.5) is 0 Å². The molecule has 18 heavy (non-hydrogen) atoms. The smallest absolute Gasteiger partial charge is 0.225 e. The summed E-state index contributed by atoms with van der Waals surface area (Å²) in [7, 11) is 0. The molecule has 4 atom stereocenters. The number of aromatic nitrogens is 1. The van der Waals surface area contributed by atoms with E-state index in [4.69, 9.17) is 5.73 Å². The Morgan fingerprint density at radius 2 is 2.33 bits per heavy atom. The standard InChI is InChI=1S/C13H19N3OS/c1-7-5-15-10(18-7)6-16-13(17)11-8-2-3-9(4-8)12(11)14/h5,8-9,11-12H,2-4,6,14H2,1H3,(H,16,17). The average Bonchev–Trinajstić information content (AvgIpc) is 3.02. The molecular formula is C13H19N3OS. The van der Waals surface area contributed by atoms with Gasteiger partial charge in [-0.25, -0.2) is 4.98 Å². The number of nitrogens with zero attached hydrogens (tertiary/aromatic N) is 1. The fourth-order valence-electron chi connectivity index (χ4n) is 3.49. The third-order valence-electron chi connectivity index (χ3n) is 4.37. The van der Waals surface area contributed by atoms with Crippen molar-refractivity contribution in [3.05, 3.63) is 16.1 Å². The van der Waals surface area contributed by atoms with Crippen LogP contribution in [0.15, 0.2) is 6.20 Å². The van der Waals surface area contributed by atoms with E-state index in [9.17, 15) is 4.79 Å². The highest BCUT2D eigenvalue weighted by molar-refractivity contribution is 7.11. The van der Waals surface area contributed by atoms with Gasteiger partial charge in [-0.3, -0.25) is 4.79 Å². The summed E-state index contributed by atoms with van der Waals surface area (Å²) >= 11 is 1.63. The Morgan fingerprint density at radius 1 is 1.56 bits per heavy atom. The molecule has 2 aliphatic rings. The molecule has 2 saturated carbocycles. The molecule has 3 rings (SSSR count). The summed E-state index contributed by atoms with van der Waals surface area (Å²) in [6, 6.07) is 0.0711. The van der Waals surface area contributed by atoms with E-state index < -0.39 is 0 Å². The molecule has 4 unspecified atom stereocenters. The van der Waals surface area contributed by atoms with Crippen LogP contribution in [0, 0.1) is 24.7 Å². The van der Waals surface area contributed by atoms with Gasteiger partial charge in [0.25, 0.3) is 0 Å². The number of carbonyl (C=O) groups is 1. The summed E-state index contributed by atoms with van der Waals surface area (Å²) in [5, 5.41) is 3.97. The number of nitrogens with one attached hydrogen (secondary N) is 1. The van der Waals surface area contributed by atoms with Gasteiger partial charge in [-0.1, -0.05) is 0 Å². The van der Waals surface area contributed by atoms with Crippen molar-refractivity contribution in [3.63, 3.8) is 0 Å². The van der Waals surface area contributed by atoms with Crippen LogP contribution in [0.3, 0.4) is 0 Å². The molecule has 0 spiro atoms. The molecule has 0 radical (unpaired) electrons. The number of rotatable bonds is 3. The highest BCUT2D eigenvalue weighted by atomic mass is 32.1. The Bertz CT molecular complexity index is 457. The van der Waals surface area contributed by atoms with E-state index in [2.05, 4.69) is 10.3 Å². The Hall–Kier alpha value is -0.940. The van der Waals surface area contributed by atoms with Crippen molar-refractivity contribution in [2.45, 2.75) is 38.8 Å². The van der Waals surface area contributed by atoms with Crippen molar-refractivity contribution in [3.8, 4) is 0 Å². The van der Waals surface area contributed by atoms with E-state index >= 15 is 0 Å². The van der Waals surface area contributed by atoms with Crippen molar-refractivity contribution in [2.75, 3.05) is 0 Å². The Morgan fingerprint density at radius 3 is 2.94 bits per heavy atom. The summed E-state index contributed by atoms with van der Waals surface area (Å²) < 4.78 is 0. The van der Waals surface area contributed by atoms with Crippen molar-refractivity contribution in [2.24, 2.45) is 23.5 Å². The minimum atomic E-state index is 0.0322. The Kier molecular flexibility index (Phi) is 3.11. The molecule has 4 nitrogen and oxygen atoms in total. The lowest BCUT2D eigenvalue weighted by atomic mass is 9.84. The summed E-state index contributed by atoms with van der Waals surface area (Å²) in [5.74, 6) is 1.25. The van der Waals surface area contributed by atoms with Crippen LogP contribution in [0.25, 0.3) is 0 Å². The first-order valence-corrected chi connectivity index (χ1v) is 7.41. The van der Waals surface area contributed by atoms with Crippen LogP contribution in [-0.2, 0) is 11.3 Å². The lowest BCUT2D eigenvalue weighted by Crippen LogP contribution is -2.45. The third kappa shape index (κ3) is 2.06. The molecule has 1 heterocycles. The van der Waals surface area contributed by atoms with Gasteiger partial charge in [0.2, 0.25) is 5.91 Å². The average molecular weight is 265 g/mol. The highest BCUT2D eigenvalue weighted by Gasteiger charge is 2.48. The molecule has 0 saturated heterocycles. The van der Waals surface area contributed by atoms with Crippen LogP contribution in [0.2, 0.25) is 0 Å². The van der Waals surface area contributed by atoms with Gasteiger partial charge < -0.3 is 11.1 Å². The second-order valence-corrected chi connectivity index (χ2v) is 6.84. The van der Waals surface area contributed by atoms with Gasteiger partial charge in [0.05, 0.1) is 12.5 Å². The maximum absolute atomic E-state index is 12.2. The van der Waals surface area contributed by atoms with E-state index in [-0.39, 0.29) is 17.9 Å². The number of fused-ring (bicyclic) bond motifs is 2. The van der Waals surface area contributed by atoms with Gasteiger partial charge in [0, 0.05) is 17.1 Å². The molecule has 1 aromatic rings. The molecule has 1 aromatic heterocycles. The molecule has 98 valence electrons. The highest BCUT2D eigenvalue weighted by Crippen LogP contribution is 2.47. The predicted octanol–water partition coefficient (Wildman–Crippen LogP) is 1.44. The normalized spacial score (nSPS) is 33.9. The zero-order valence-corrected chi connectivity index (χ0v) is 11.4. The van der Waals surface area contributed by atoms with Crippen LogP contribution < -0.4 is 11.1 Å². The monoisotopic (exact) mass is 265 g/mol. The van der Waals surface area contributed by atoms with Gasteiger partial charge in [0.15, 0.2) is 0 Å². The fourth-order valence-corrected chi connectivity index (χ4v) is 4.22. The van der Waals surface area contributed by atoms with Crippen molar-refractivity contribution in [1.82, 2.24) is 10.3 Å². The number of hydrogen-bond acceptors (Lipinski definition) is 4. The van der Waals surface area contributed by atoms with Crippen molar-refractivity contribution in [1.29, 1.82) is 0 Å². The minimum absolute atomic E-state index is 0.0322. The summed E-state index contributed by atoms with van der Waals surface area (Å²) in [6.07, 6.45) is 5.37. The SMILES string of the molecule is Cc1cnc(CNC(=O)C2C3CCC(C3)C2N)s1. The topological polar surface area (TPSA) is 68.0 Å². The summed E-state index contributed by atoms with van der Waals surface area (Å²) in [6.45, 7) is 2.56. The lowest BCUT2D eigenvalue weighted by Gasteiger charge is -2.26. The number of thiazole rings is 1. The molecule has 1 amide bonds. The van der Waals surface area contributed by atoms with Gasteiger partial charge in [-0.05, 0) is 38.0 Å². The second-order valence-electron chi connectivity index (χ2n) is 5.52. The van der Waals surface area contributed by atoms with Gasteiger partial charge in [-0.2, -0.15) is 0 Å². The predicted molar refractivity (Wildman–Crippen MR) is 71.0 cm³/mol. The summed E-state index contributed by atoms with van der Waals surface area (Å²) in [4.78, 5) is 17.6. The number of amides is 1. The first-order chi connectivity index (χ1) is 8.65. The van der Waals surface area contributed by atoms with Crippen LogP contribution >= 0.6 is 11.3 Å². The second kappa shape index (κ2) is 4.63. The number of carbonyl (C=O) groups excluding carboxylic acids is 1. The van der Waals surface area contributed by atoms with Gasteiger partial charge in [0.1, 0.15) is 5.01 Å². The quantitative estimate of drug-likeness (QED) is 0.869. The minimum Gasteiger partial charge on any atom is -0.349 e.